The normalized spacial score (nSPS) is 19.3. The van der Waals surface area contributed by atoms with E-state index in [1.165, 1.54) is 6.07 Å². The second-order valence-corrected chi connectivity index (χ2v) is 8.07. The molecule has 1 nitrogen and oxygen atoms in total. The Morgan fingerprint density at radius 2 is 1.83 bits per heavy atom. The van der Waals surface area contributed by atoms with E-state index in [1.807, 2.05) is 6.07 Å². The molecule has 29 heavy (non-hydrogen) atoms. The van der Waals surface area contributed by atoms with E-state index in [1.54, 1.807) is 30.3 Å². The first-order chi connectivity index (χ1) is 14.1. The van der Waals surface area contributed by atoms with Gasteiger partial charge in [0.25, 0.3) is 0 Å². The molecule has 1 saturated carbocycles. The summed E-state index contributed by atoms with van der Waals surface area (Å²) in [7, 11) is 0. The molecule has 3 heteroatoms. The molecule has 1 aliphatic rings. The molecule has 0 atom stereocenters. The van der Waals surface area contributed by atoms with Crippen molar-refractivity contribution in [1.82, 2.24) is 0 Å². The van der Waals surface area contributed by atoms with Gasteiger partial charge in [0.2, 0.25) is 0 Å². The molecule has 3 rings (SSSR count). The fourth-order valence-electron chi connectivity index (χ4n) is 4.15. The highest BCUT2D eigenvalue weighted by Crippen LogP contribution is 2.36. The number of unbranched alkanes of at least 4 members (excludes halogenated alkanes) is 1. The molecule has 1 aliphatic carbocycles. The van der Waals surface area contributed by atoms with Crippen LogP contribution in [0, 0.1) is 11.6 Å². The van der Waals surface area contributed by atoms with Crippen molar-refractivity contribution in [3.63, 3.8) is 0 Å². The van der Waals surface area contributed by atoms with Gasteiger partial charge in [0.15, 0.2) is 0 Å². The van der Waals surface area contributed by atoms with Crippen molar-refractivity contribution in [3.05, 3.63) is 71.8 Å². The summed E-state index contributed by atoms with van der Waals surface area (Å²) in [5, 5.41) is 0. The Bertz CT molecular complexity index is 806. The quantitative estimate of drug-likeness (QED) is 0.312. The Labute approximate surface area is 173 Å². The molecule has 0 bridgehead atoms. The maximum atomic E-state index is 14.8. The van der Waals surface area contributed by atoms with Gasteiger partial charge in [-0.05, 0) is 79.7 Å². The molecule has 1 fully saturated rings. The van der Waals surface area contributed by atoms with Crippen LogP contribution in [0.15, 0.2) is 49.1 Å². The molecule has 156 valence electrons. The third-order valence-corrected chi connectivity index (χ3v) is 5.97. The average Bonchev–Trinajstić information content (AvgIpc) is 2.73. The molecule has 0 aliphatic heterocycles. The topological polar surface area (TPSA) is 9.23 Å². The molecule has 0 radical (unpaired) electrons. The Balaban J connectivity index is 1.65. The molecule has 0 spiro atoms. The van der Waals surface area contributed by atoms with Crippen LogP contribution >= 0.6 is 0 Å². The third kappa shape index (κ3) is 5.76. The third-order valence-electron chi connectivity index (χ3n) is 5.97. The van der Waals surface area contributed by atoms with Crippen molar-refractivity contribution >= 4 is 0 Å². The van der Waals surface area contributed by atoms with Gasteiger partial charge < -0.3 is 4.74 Å². The van der Waals surface area contributed by atoms with Crippen LogP contribution in [0.25, 0.3) is 11.1 Å². The van der Waals surface area contributed by atoms with Crippen molar-refractivity contribution in [1.29, 1.82) is 0 Å². The summed E-state index contributed by atoms with van der Waals surface area (Å²) in [6.45, 7) is 6.69. The molecule has 2 aromatic rings. The number of allylic oxidation sites excluding steroid dienone is 1. The molecular weight excluding hydrogens is 366 g/mol. The van der Waals surface area contributed by atoms with Gasteiger partial charge in [-0.3, -0.25) is 0 Å². The van der Waals surface area contributed by atoms with E-state index in [-0.39, 0.29) is 11.6 Å². The van der Waals surface area contributed by atoms with Gasteiger partial charge >= 0.3 is 0 Å². The van der Waals surface area contributed by atoms with Gasteiger partial charge in [0, 0.05) is 12.2 Å². The van der Waals surface area contributed by atoms with Crippen LogP contribution in [-0.4, -0.2) is 12.7 Å². The van der Waals surface area contributed by atoms with Gasteiger partial charge in [0.05, 0.1) is 6.10 Å². The number of rotatable bonds is 9. The zero-order chi connectivity index (χ0) is 20.6. The first-order valence-corrected chi connectivity index (χ1v) is 10.9. The van der Waals surface area contributed by atoms with E-state index >= 15 is 0 Å². The Kier molecular flexibility index (Phi) is 8.00. The van der Waals surface area contributed by atoms with Crippen molar-refractivity contribution < 1.29 is 13.5 Å². The van der Waals surface area contributed by atoms with Gasteiger partial charge in [-0.25, -0.2) is 8.78 Å². The molecule has 0 amide bonds. The maximum Gasteiger partial charge on any atom is 0.131 e. The number of halogens is 2. The zero-order valence-corrected chi connectivity index (χ0v) is 17.4. The highest BCUT2D eigenvalue weighted by Gasteiger charge is 2.23. The van der Waals surface area contributed by atoms with Crippen LogP contribution in [0.2, 0.25) is 0 Å². The highest BCUT2D eigenvalue weighted by molar-refractivity contribution is 5.65. The van der Waals surface area contributed by atoms with Gasteiger partial charge in [-0.2, -0.15) is 0 Å². The lowest BCUT2D eigenvalue weighted by Gasteiger charge is -2.29. The van der Waals surface area contributed by atoms with E-state index in [4.69, 9.17) is 4.74 Å². The van der Waals surface area contributed by atoms with Crippen molar-refractivity contribution in [3.8, 4) is 11.1 Å². The predicted octanol–water partition coefficient (Wildman–Crippen LogP) is 7.59. The van der Waals surface area contributed by atoms with E-state index < -0.39 is 0 Å². The lowest BCUT2D eigenvalue weighted by Crippen LogP contribution is -2.21. The van der Waals surface area contributed by atoms with Crippen molar-refractivity contribution in [2.24, 2.45) is 0 Å². The Hall–Kier alpha value is -2.00. The molecule has 0 heterocycles. The smallest absolute Gasteiger partial charge is 0.131 e. The molecule has 0 unspecified atom stereocenters. The lowest BCUT2D eigenvalue weighted by molar-refractivity contribution is 0.0232. The molecule has 0 saturated heterocycles. The summed E-state index contributed by atoms with van der Waals surface area (Å²) in [6.07, 6.45) is 9.87. The Morgan fingerprint density at radius 3 is 2.48 bits per heavy atom. The number of benzene rings is 2. The van der Waals surface area contributed by atoms with Gasteiger partial charge in [0.1, 0.15) is 11.6 Å². The number of hydrogen-bond donors (Lipinski definition) is 0. The summed E-state index contributed by atoms with van der Waals surface area (Å²) < 4.78 is 35.1. The van der Waals surface area contributed by atoms with E-state index in [0.29, 0.717) is 35.1 Å². The molecule has 0 aromatic heterocycles. The highest BCUT2D eigenvalue weighted by atomic mass is 19.1. The maximum absolute atomic E-state index is 14.8. The van der Waals surface area contributed by atoms with Crippen LogP contribution < -0.4 is 0 Å². The van der Waals surface area contributed by atoms with Crippen LogP contribution in [0.4, 0.5) is 8.78 Å². The van der Waals surface area contributed by atoms with Gasteiger partial charge in [-0.15, -0.1) is 6.58 Å². The fraction of sp³-hybridized carbons (Fsp3) is 0.462. The Morgan fingerprint density at radius 1 is 1.03 bits per heavy atom. The van der Waals surface area contributed by atoms with E-state index in [0.717, 1.165) is 57.1 Å². The van der Waals surface area contributed by atoms with Crippen molar-refractivity contribution in [2.75, 3.05) is 6.61 Å². The summed E-state index contributed by atoms with van der Waals surface area (Å²) in [4.78, 5) is 0. The minimum Gasteiger partial charge on any atom is -0.378 e. The van der Waals surface area contributed by atoms with Crippen molar-refractivity contribution in [2.45, 2.75) is 70.3 Å². The minimum atomic E-state index is -0.283. The summed E-state index contributed by atoms with van der Waals surface area (Å²) >= 11 is 0. The minimum absolute atomic E-state index is 0.276. The second-order valence-electron chi connectivity index (χ2n) is 8.07. The summed E-state index contributed by atoms with van der Waals surface area (Å²) in [5.74, 6) is -0.182. The summed E-state index contributed by atoms with van der Waals surface area (Å²) in [6, 6.07) is 10.4. The lowest BCUT2D eigenvalue weighted by atomic mass is 9.82. The monoisotopic (exact) mass is 398 g/mol. The number of ether oxygens (including phenoxy) is 1. The SMILES string of the molecule is C=CCCc1ccc(-c2ccc(C3CCC(OCCCC)CC3)cc2F)cc1F. The van der Waals surface area contributed by atoms with Crippen LogP contribution in [0.3, 0.4) is 0 Å². The number of hydrogen-bond acceptors (Lipinski definition) is 1. The van der Waals surface area contributed by atoms with E-state index in [9.17, 15) is 8.78 Å². The second kappa shape index (κ2) is 10.7. The summed E-state index contributed by atoms with van der Waals surface area (Å²) in [5.41, 5.74) is 2.73. The standard InChI is InChI=1S/C26H32F2O/c1-3-5-7-20-8-9-22(18-25(20)27)24-15-12-21(17-26(24)28)19-10-13-23(14-11-19)29-16-6-4-2/h3,8-9,12,15,17-19,23H,1,4-7,10-11,13-14,16H2,2H3. The molecule has 0 N–H and O–H groups in total. The zero-order valence-electron chi connectivity index (χ0n) is 17.4. The predicted molar refractivity (Wildman–Crippen MR) is 116 cm³/mol. The molecule has 2 aromatic carbocycles. The van der Waals surface area contributed by atoms with Gasteiger partial charge in [-0.1, -0.05) is 43.7 Å². The fourth-order valence-corrected chi connectivity index (χ4v) is 4.15. The van der Waals surface area contributed by atoms with Crippen LogP contribution in [-0.2, 0) is 11.2 Å². The van der Waals surface area contributed by atoms with Crippen LogP contribution in [0.5, 0.6) is 0 Å². The number of aryl methyl sites for hydroxylation is 1. The van der Waals surface area contributed by atoms with E-state index in [2.05, 4.69) is 13.5 Å². The first kappa shape index (κ1) is 21.7. The first-order valence-electron chi connectivity index (χ1n) is 10.9. The van der Waals surface area contributed by atoms with Crippen LogP contribution in [0.1, 0.15) is 68.9 Å². The molecular formula is C26H32F2O. The average molecular weight is 399 g/mol. The largest absolute Gasteiger partial charge is 0.378 e.